The highest BCUT2D eigenvalue weighted by atomic mass is 16.5. The second-order valence-corrected chi connectivity index (χ2v) is 5.64. The number of rotatable bonds is 8. The maximum absolute atomic E-state index is 6.02. The second kappa shape index (κ2) is 9.55. The van der Waals surface area contributed by atoms with Crippen LogP contribution in [-0.4, -0.2) is 30.1 Å². The maximum Gasteiger partial charge on any atom is 0.188 e. The van der Waals surface area contributed by atoms with Gasteiger partial charge in [-0.3, -0.25) is 4.98 Å². The molecule has 1 unspecified atom stereocenters. The third-order valence-electron chi connectivity index (χ3n) is 3.72. The molecule has 1 atom stereocenters. The Balaban J connectivity index is 1.78. The van der Waals surface area contributed by atoms with E-state index in [4.69, 9.17) is 10.5 Å². The summed E-state index contributed by atoms with van der Waals surface area (Å²) in [5.41, 5.74) is 8.09. The molecule has 0 spiro atoms. The Morgan fingerprint density at radius 3 is 2.75 bits per heavy atom. The number of nitrogens with two attached hydrogens (primary N) is 1. The van der Waals surface area contributed by atoms with Crippen molar-refractivity contribution in [2.45, 2.75) is 32.8 Å². The smallest absolute Gasteiger partial charge is 0.188 e. The summed E-state index contributed by atoms with van der Waals surface area (Å²) >= 11 is 0. The van der Waals surface area contributed by atoms with Crippen LogP contribution in [0.25, 0.3) is 0 Å². The minimum Gasteiger partial charge on any atom is -0.488 e. The lowest BCUT2D eigenvalue weighted by molar-refractivity contribution is 0.204. The molecule has 0 saturated carbocycles. The summed E-state index contributed by atoms with van der Waals surface area (Å²) in [5.74, 6) is 1.35. The molecule has 0 aliphatic carbocycles. The summed E-state index contributed by atoms with van der Waals surface area (Å²) in [6, 6.07) is 13.9. The van der Waals surface area contributed by atoms with Gasteiger partial charge < -0.3 is 15.8 Å². The van der Waals surface area contributed by atoms with Crippen LogP contribution in [0.4, 0.5) is 0 Å². The molecule has 0 aliphatic rings. The Kier molecular flexibility index (Phi) is 7.08. The summed E-state index contributed by atoms with van der Waals surface area (Å²) in [4.78, 5) is 8.67. The van der Waals surface area contributed by atoms with Crippen LogP contribution in [0.15, 0.2) is 53.7 Å². The lowest BCUT2D eigenvalue weighted by atomic mass is 10.2. The number of benzene rings is 1. The Morgan fingerprint density at radius 2 is 2.04 bits per heavy atom. The standard InChI is InChI=1S/C19H26N4O/c1-3-17(24-18-10-5-4-8-15(18)2)14-23-19(20)22-13-11-16-9-6-7-12-21-16/h4-10,12,17H,3,11,13-14H2,1-2H3,(H3,20,22,23). The number of aromatic nitrogens is 1. The van der Waals surface area contributed by atoms with Gasteiger partial charge in [-0.2, -0.15) is 0 Å². The number of hydrogen-bond acceptors (Lipinski definition) is 3. The summed E-state index contributed by atoms with van der Waals surface area (Å²) in [7, 11) is 0. The maximum atomic E-state index is 6.02. The minimum atomic E-state index is 0.0160. The molecule has 0 bridgehead atoms. The summed E-state index contributed by atoms with van der Waals surface area (Å²) in [6.07, 6.45) is 3.50. The average molecular weight is 326 g/mol. The number of ether oxygens (including phenoxy) is 1. The predicted octanol–water partition coefficient (Wildman–Crippen LogP) is 2.69. The van der Waals surface area contributed by atoms with Gasteiger partial charge in [0.05, 0.1) is 6.54 Å². The van der Waals surface area contributed by atoms with Crippen molar-refractivity contribution in [3.8, 4) is 5.75 Å². The van der Waals surface area contributed by atoms with E-state index in [2.05, 4.69) is 22.2 Å². The molecule has 1 heterocycles. The number of hydrogen-bond donors (Lipinski definition) is 2. The summed E-state index contributed by atoms with van der Waals surface area (Å²) < 4.78 is 6.02. The monoisotopic (exact) mass is 326 g/mol. The van der Waals surface area contributed by atoms with Gasteiger partial charge in [0, 0.05) is 24.9 Å². The van der Waals surface area contributed by atoms with Crippen LogP contribution in [0.1, 0.15) is 24.6 Å². The molecular weight excluding hydrogens is 300 g/mol. The highest BCUT2D eigenvalue weighted by molar-refractivity contribution is 5.77. The Hall–Kier alpha value is -2.56. The van der Waals surface area contributed by atoms with E-state index in [1.807, 2.05) is 49.4 Å². The normalized spacial score (nSPS) is 12.7. The van der Waals surface area contributed by atoms with Gasteiger partial charge in [-0.05, 0) is 37.1 Å². The van der Waals surface area contributed by atoms with Crippen LogP contribution >= 0.6 is 0 Å². The zero-order valence-electron chi connectivity index (χ0n) is 14.4. The lowest BCUT2D eigenvalue weighted by Gasteiger charge is -2.17. The van der Waals surface area contributed by atoms with Crippen molar-refractivity contribution in [1.29, 1.82) is 0 Å². The molecule has 0 aliphatic heterocycles. The van der Waals surface area contributed by atoms with Crippen LogP contribution in [-0.2, 0) is 6.42 Å². The van der Waals surface area contributed by atoms with Crippen molar-refractivity contribution >= 4 is 5.96 Å². The van der Waals surface area contributed by atoms with E-state index < -0.39 is 0 Å². The van der Waals surface area contributed by atoms with E-state index in [1.54, 1.807) is 6.20 Å². The minimum absolute atomic E-state index is 0.0160. The molecule has 1 aromatic carbocycles. The van der Waals surface area contributed by atoms with E-state index in [1.165, 1.54) is 0 Å². The number of pyridine rings is 1. The van der Waals surface area contributed by atoms with Gasteiger partial charge in [0.15, 0.2) is 5.96 Å². The molecule has 2 rings (SSSR count). The quantitative estimate of drug-likeness (QED) is 0.578. The van der Waals surface area contributed by atoms with E-state index >= 15 is 0 Å². The fraction of sp³-hybridized carbons (Fsp3) is 0.368. The van der Waals surface area contributed by atoms with E-state index in [-0.39, 0.29) is 6.10 Å². The molecule has 5 heteroatoms. The first-order valence-corrected chi connectivity index (χ1v) is 8.35. The first kappa shape index (κ1) is 17.8. The van der Waals surface area contributed by atoms with Gasteiger partial charge in [0.25, 0.3) is 0 Å². The number of aryl methyl sites for hydroxylation is 1. The molecule has 1 aromatic heterocycles. The van der Waals surface area contributed by atoms with Gasteiger partial charge >= 0.3 is 0 Å². The first-order chi connectivity index (χ1) is 11.7. The van der Waals surface area contributed by atoms with Gasteiger partial charge in [-0.15, -0.1) is 0 Å². The van der Waals surface area contributed by atoms with Crippen molar-refractivity contribution in [1.82, 2.24) is 10.3 Å². The Labute approximate surface area is 144 Å². The Bertz CT molecular complexity index is 643. The number of nitrogens with zero attached hydrogens (tertiary/aromatic N) is 2. The van der Waals surface area contributed by atoms with Gasteiger partial charge in [0.1, 0.15) is 11.9 Å². The van der Waals surface area contributed by atoms with Crippen LogP contribution in [0.3, 0.4) is 0 Å². The molecule has 3 N–H and O–H groups in total. The van der Waals surface area contributed by atoms with Crippen LogP contribution in [0, 0.1) is 6.92 Å². The van der Waals surface area contributed by atoms with E-state index in [0.717, 1.165) is 29.8 Å². The molecular formula is C19H26N4O. The van der Waals surface area contributed by atoms with Crippen LogP contribution in [0.5, 0.6) is 5.75 Å². The Morgan fingerprint density at radius 1 is 1.25 bits per heavy atom. The molecule has 0 amide bonds. The van der Waals surface area contributed by atoms with Gasteiger partial charge in [-0.25, -0.2) is 4.99 Å². The third-order valence-corrected chi connectivity index (χ3v) is 3.72. The van der Waals surface area contributed by atoms with Crippen molar-refractivity contribution in [3.63, 3.8) is 0 Å². The average Bonchev–Trinajstić information content (AvgIpc) is 2.61. The SMILES string of the molecule is CCC(CN=C(N)NCCc1ccccn1)Oc1ccccc1C. The summed E-state index contributed by atoms with van der Waals surface area (Å²) in [5, 5.41) is 3.12. The van der Waals surface area contributed by atoms with Crippen molar-refractivity contribution in [2.75, 3.05) is 13.1 Å². The number of guanidine groups is 1. The van der Waals surface area contributed by atoms with Crippen LogP contribution < -0.4 is 15.8 Å². The molecule has 0 saturated heterocycles. The molecule has 0 fully saturated rings. The zero-order valence-corrected chi connectivity index (χ0v) is 14.4. The molecule has 24 heavy (non-hydrogen) atoms. The highest BCUT2D eigenvalue weighted by Crippen LogP contribution is 2.18. The molecule has 2 aromatic rings. The zero-order chi connectivity index (χ0) is 17.2. The third kappa shape index (κ3) is 5.91. The summed E-state index contributed by atoms with van der Waals surface area (Å²) in [6.45, 7) is 5.37. The van der Waals surface area contributed by atoms with E-state index in [9.17, 15) is 0 Å². The molecule has 5 nitrogen and oxygen atoms in total. The molecule has 0 radical (unpaired) electrons. The molecule has 128 valence electrons. The predicted molar refractivity (Wildman–Crippen MR) is 98.3 cm³/mol. The van der Waals surface area contributed by atoms with Crippen LogP contribution in [0.2, 0.25) is 0 Å². The van der Waals surface area contributed by atoms with Crippen molar-refractivity contribution in [3.05, 3.63) is 59.9 Å². The largest absolute Gasteiger partial charge is 0.488 e. The van der Waals surface area contributed by atoms with Crippen molar-refractivity contribution < 1.29 is 4.74 Å². The van der Waals surface area contributed by atoms with Gasteiger partial charge in [-0.1, -0.05) is 31.2 Å². The van der Waals surface area contributed by atoms with Crippen molar-refractivity contribution in [2.24, 2.45) is 10.7 Å². The number of para-hydroxylation sites is 1. The lowest BCUT2D eigenvalue weighted by Crippen LogP contribution is -2.34. The number of aliphatic imine (C=N–C) groups is 1. The topological polar surface area (TPSA) is 72.5 Å². The fourth-order valence-corrected chi connectivity index (χ4v) is 2.24. The highest BCUT2D eigenvalue weighted by Gasteiger charge is 2.09. The number of nitrogens with one attached hydrogen (secondary N) is 1. The fourth-order valence-electron chi connectivity index (χ4n) is 2.24. The second-order valence-electron chi connectivity index (χ2n) is 5.64. The van der Waals surface area contributed by atoms with Gasteiger partial charge in [0.2, 0.25) is 0 Å². The first-order valence-electron chi connectivity index (χ1n) is 8.35. The van der Waals surface area contributed by atoms with E-state index in [0.29, 0.717) is 19.0 Å².